The van der Waals surface area contributed by atoms with Crippen molar-refractivity contribution >= 4 is 18.6 Å². The molecule has 4 nitrogen and oxygen atoms in total. The van der Waals surface area contributed by atoms with Crippen molar-refractivity contribution in [1.82, 2.24) is 9.97 Å². The monoisotopic (exact) mass is 256 g/mol. The van der Waals surface area contributed by atoms with Crippen LogP contribution in [0.5, 0.6) is 0 Å². The first-order chi connectivity index (χ1) is 7.99. The Bertz CT molecular complexity index is 598. The molecule has 0 atom stereocenters. The molecular formula is C10H6F2N2O2S. The summed E-state index contributed by atoms with van der Waals surface area (Å²) in [6, 6.07) is 1.40. The van der Waals surface area contributed by atoms with Crippen molar-refractivity contribution < 1.29 is 18.7 Å². The second kappa shape index (κ2) is 4.17. The highest BCUT2D eigenvalue weighted by Crippen LogP contribution is 2.24. The summed E-state index contributed by atoms with van der Waals surface area (Å²) < 4.78 is 26.0. The molecule has 0 saturated heterocycles. The van der Waals surface area contributed by atoms with Gasteiger partial charge in [0.2, 0.25) is 0 Å². The topological polar surface area (TPSA) is 66.0 Å². The van der Waals surface area contributed by atoms with Gasteiger partial charge in [-0.05, 0) is 12.1 Å². The molecule has 0 aliphatic carbocycles. The summed E-state index contributed by atoms with van der Waals surface area (Å²) in [7, 11) is 0. The van der Waals surface area contributed by atoms with Crippen LogP contribution in [0.1, 0.15) is 10.4 Å². The molecule has 7 heteroatoms. The Balaban J connectivity index is 2.67. The molecule has 1 aromatic heterocycles. The van der Waals surface area contributed by atoms with E-state index in [-0.39, 0.29) is 17.0 Å². The van der Waals surface area contributed by atoms with Crippen LogP contribution in [0.4, 0.5) is 8.78 Å². The van der Waals surface area contributed by atoms with Crippen LogP contribution >= 0.6 is 12.6 Å². The van der Waals surface area contributed by atoms with Crippen molar-refractivity contribution in [3.05, 3.63) is 35.5 Å². The highest BCUT2D eigenvalue weighted by atomic mass is 32.1. The van der Waals surface area contributed by atoms with Crippen molar-refractivity contribution in [2.75, 3.05) is 0 Å². The van der Waals surface area contributed by atoms with E-state index in [4.69, 9.17) is 5.11 Å². The average molecular weight is 256 g/mol. The summed E-state index contributed by atoms with van der Waals surface area (Å²) in [4.78, 5) is 17.4. The predicted molar refractivity (Wildman–Crippen MR) is 58.2 cm³/mol. The van der Waals surface area contributed by atoms with Gasteiger partial charge in [-0.25, -0.2) is 18.6 Å². The van der Waals surface area contributed by atoms with Gasteiger partial charge >= 0.3 is 5.97 Å². The number of carbonyl (C=O) groups is 1. The quantitative estimate of drug-likeness (QED) is 0.722. The zero-order valence-corrected chi connectivity index (χ0v) is 9.13. The van der Waals surface area contributed by atoms with E-state index in [1.807, 2.05) is 0 Å². The van der Waals surface area contributed by atoms with E-state index in [2.05, 4.69) is 22.6 Å². The zero-order chi connectivity index (χ0) is 12.6. The maximum absolute atomic E-state index is 13.1. The molecule has 17 heavy (non-hydrogen) atoms. The molecule has 0 unspecified atom stereocenters. The Morgan fingerprint density at radius 3 is 2.53 bits per heavy atom. The van der Waals surface area contributed by atoms with Crippen molar-refractivity contribution in [1.29, 1.82) is 0 Å². The number of H-pyrrole nitrogens is 1. The molecule has 0 fully saturated rings. The van der Waals surface area contributed by atoms with E-state index in [1.165, 1.54) is 6.20 Å². The van der Waals surface area contributed by atoms with Gasteiger partial charge in [0, 0.05) is 5.56 Å². The second-order valence-electron chi connectivity index (χ2n) is 3.23. The molecular weight excluding hydrogens is 250 g/mol. The number of halogens is 2. The van der Waals surface area contributed by atoms with Crippen LogP contribution in [-0.4, -0.2) is 21.0 Å². The maximum Gasteiger partial charge on any atom is 0.336 e. The third-order valence-electron chi connectivity index (χ3n) is 2.11. The van der Waals surface area contributed by atoms with Gasteiger partial charge in [-0.3, -0.25) is 0 Å². The van der Waals surface area contributed by atoms with Gasteiger partial charge in [0.15, 0.2) is 11.6 Å². The lowest BCUT2D eigenvalue weighted by Gasteiger charge is -2.04. The molecule has 2 aromatic rings. The molecule has 0 aliphatic heterocycles. The number of aromatic nitrogens is 2. The number of hydrogen-bond donors (Lipinski definition) is 3. The Morgan fingerprint density at radius 1 is 1.35 bits per heavy atom. The minimum absolute atomic E-state index is 0.0308. The predicted octanol–water partition coefficient (Wildman–Crippen LogP) is 2.34. The number of thiol groups is 1. The lowest BCUT2D eigenvalue weighted by Crippen LogP contribution is -2.03. The summed E-state index contributed by atoms with van der Waals surface area (Å²) in [5.41, 5.74) is -0.400. The van der Waals surface area contributed by atoms with Gasteiger partial charge in [0.1, 0.15) is 5.82 Å². The molecule has 0 saturated carbocycles. The zero-order valence-electron chi connectivity index (χ0n) is 8.24. The molecule has 0 spiro atoms. The Labute approximate surface area is 99.7 Å². The van der Waals surface area contributed by atoms with Gasteiger partial charge in [-0.2, -0.15) is 0 Å². The van der Waals surface area contributed by atoms with Gasteiger partial charge < -0.3 is 10.1 Å². The number of aromatic amines is 1. The van der Waals surface area contributed by atoms with E-state index < -0.39 is 17.6 Å². The minimum atomic E-state index is -1.36. The van der Waals surface area contributed by atoms with Gasteiger partial charge in [0.25, 0.3) is 0 Å². The largest absolute Gasteiger partial charge is 0.478 e. The van der Waals surface area contributed by atoms with Crippen molar-refractivity contribution in [2.24, 2.45) is 0 Å². The first-order valence-corrected chi connectivity index (χ1v) is 4.90. The summed E-state index contributed by atoms with van der Waals surface area (Å²) in [5, 5.41) is 9.29. The summed E-state index contributed by atoms with van der Waals surface area (Å²) in [5.74, 6) is -3.60. The van der Waals surface area contributed by atoms with Crippen molar-refractivity contribution in [3.63, 3.8) is 0 Å². The fourth-order valence-corrected chi connectivity index (χ4v) is 1.53. The number of carboxylic acid groups (broad SMARTS) is 1. The molecule has 0 aliphatic rings. The first-order valence-electron chi connectivity index (χ1n) is 4.45. The van der Waals surface area contributed by atoms with E-state index in [0.29, 0.717) is 11.1 Å². The lowest BCUT2D eigenvalue weighted by atomic mass is 10.1. The van der Waals surface area contributed by atoms with Crippen LogP contribution in [0.3, 0.4) is 0 Å². The van der Waals surface area contributed by atoms with E-state index >= 15 is 0 Å². The molecule has 2 rings (SSSR count). The van der Waals surface area contributed by atoms with Crippen molar-refractivity contribution in [3.8, 4) is 11.4 Å². The van der Waals surface area contributed by atoms with Crippen LogP contribution in [0.2, 0.25) is 0 Å². The number of imidazole rings is 1. The standard InChI is InChI=1S/C10H6F2N2O2S/c11-6-1-4(9-13-3-8(17)14-9)5(10(15)16)2-7(6)12/h1-3,17H,(H,13,14)(H,15,16). The SMILES string of the molecule is O=C(O)c1cc(F)c(F)cc1-c1ncc(S)[nH]1. The molecule has 2 N–H and O–H groups in total. The fraction of sp³-hybridized carbons (Fsp3) is 0. The number of benzene rings is 1. The third-order valence-corrected chi connectivity index (χ3v) is 2.34. The summed E-state index contributed by atoms with van der Waals surface area (Å²) in [6.07, 6.45) is 1.34. The van der Waals surface area contributed by atoms with Gasteiger partial charge in [-0.15, -0.1) is 12.6 Å². The fourth-order valence-electron chi connectivity index (χ4n) is 1.37. The molecule has 0 amide bonds. The Morgan fingerprint density at radius 2 is 2.00 bits per heavy atom. The van der Waals surface area contributed by atoms with Gasteiger partial charge in [-0.1, -0.05) is 0 Å². The lowest BCUT2D eigenvalue weighted by molar-refractivity contribution is 0.0697. The Hall–Kier alpha value is -1.89. The molecule has 0 radical (unpaired) electrons. The van der Waals surface area contributed by atoms with Crippen LogP contribution < -0.4 is 0 Å². The van der Waals surface area contributed by atoms with E-state index in [1.54, 1.807) is 0 Å². The average Bonchev–Trinajstić information content (AvgIpc) is 2.68. The van der Waals surface area contributed by atoms with Crippen molar-refractivity contribution in [2.45, 2.75) is 5.03 Å². The normalized spacial score (nSPS) is 10.5. The number of hydrogen-bond acceptors (Lipinski definition) is 3. The van der Waals surface area contributed by atoms with Crippen LogP contribution in [0.25, 0.3) is 11.4 Å². The number of nitrogens with one attached hydrogen (secondary N) is 1. The summed E-state index contributed by atoms with van der Waals surface area (Å²) in [6.45, 7) is 0. The molecule has 1 heterocycles. The molecule has 88 valence electrons. The van der Waals surface area contributed by atoms with E-state index in [9.17, 15) is 13.6 Å². The number of carboxylic acids is 1. The van der Waals surface area contributed by atoms with Crippen LogP contribution in [0.15, 0.2) is 23.4 Å². The smallest absolute Gasteiger partial charge is 0.336 e. The highest BCUT2D eigenvalue weighted by Gasteiger charge is 2.18. The number of aromatic carboxylic acids is 1. The Kier molecular flexibility index (Phi) is 2.84. The van der Waals surface area contributed by atoms with Crippen LogP contribution in [-0.2, 0) is 0 Å². The minimum Gasteiger partial charge on any atom is -0.478 e. The first kappa shape index (κ1) is 11.6. The number of nitrogens with zero attached hydrogens (tertiary/aromatic N) is 1. The summed E-state index contributed by atoms with van der Waals surface area (Å²) >= 11 is 3.95. The highest BCUT2D eigenvalue weighted by molar-refractivity contribution is 7.80. The molecule has 1 aromatic carbocycles. The number of rotatable bonds is 2. The maximum atomic E-state index is 13.1. The van der Waals surface area contributed by atoms with Crippen LogP contribution in [0, 0.1) is 11.6 Å². The third kappa shape index (κ3) is 2.14. The van der Waals surface area contributed by atoms with Gasteiger partial charge in [0.05, 0.1) is 16.8 Å². The molecule has 0 bridgehead atoms. The second-order valence-corrected chi connectivity index (χ2v) is 3.72. The van der Waals surface area contributed by atoms with E-state index in [0.717, 1.165) is 6.07 Å².